The minimum atomic E-state index is -0.223. The molecule has 0 amide bonds. The molecule has 0 saturated heterocycles. The summed E-state index contributed by atoms with van der Waals surface area (Å²) in [4.78, 5) is 1.00. The third-order valence-electron chi connectivity index (χ3n) is 3.18. The van der Waals surface area contributed by atoms with E-state index in [1.807, 2.05) is 24.3 Å². The van der Waals surface area contributed by atoms with Gasteiger partial charge in [0.25, 0.3) is 0 Å². The van der Waals surface area contributed by atoms with Crippen molar-refractivity contribution in [2.45, 2.75) is 16.2 Å². The number of halogens is 1. The summed E-state index contributed by atoms with van der Waals surface area (Å²) < 4.78 is 18.6. The highest BCUT2D eigenvalue weighted by Gasteiger charge is 2.28. The number of hydrogen-bond acceptors (Lipinski definition) is 3. The van der Waals surface area contributed by atoms with Crippen LogP contribution in [0.1, 0.15) is 11.6 Å². The molecule has 0 radical (unpaired) electrons. The largest absolute Gasteiger partial charge is 0.492 e. The molecule has 0 aliphatic carbocycles. The first-order chi connectivity index (χ1) is 9.24. The number of thioether (sulfide) groups is 1. The zero-order valence-corrected chi connectivity index (χ0v) is 11.1. The highest BCUT2D eigenvalue weighted by Crippen LogP contribution is 2.38. The van der Waals surface area contributed by atoms with Crippen molar-refractivity contribution >= 4 is 11.8 Å². The number of fused-ring (bicyclic) bond motifs is 1. The molecule has 3 rings (SSSR count). The van der Waals surface area contributed by atoms with Crippen molar-refractivity contribution in [2.75, 3.05) is 6.61 Å². The number of ether oxygens (including phenoxy) is 1. The predicted octanol–water partition coefficient (Wildman–Crippen LogP) is 3.38. The molecule has 19 heavy (non-hydrogen) atoms. The summed E-state index contributed by atoms with van der Waals surface area (Å²) in [6.07, 6.45) is 0. The molecular weight excluding hydrogens is 261 g/mol. The first-order valence-electron chi connectivity index (χ1n) is 6.13. The van der Waals surface area contributed by atoms with Gasteiger partial charge in [-0.25, -0.2) is 4.39 Å². The maximum atomic E-state index is 12.9. The van der Waals surface area contributed by atoms with Gasteiger partial charge in [-0.2, -0.15) is 0 Å². The van der Waals surface area contributed by atoms with Crippen molar-refractivity contribution in [3.63, 3.8) is 0 Å². The average Bonchev–Trinajstić information content (AvgIpc) is 2.45. The fourth-order valence-electron chi connectivity index (χ4n) is 2.16. The fraction of sp³-hybridized carbons (Fsp3) is 0.200. The van der Waals surface area contributed by atoms with Gasteiger partial charge in [0.15, 0.2) is 0 Å². The predicted molar refractivity (Wildman–Crippen MR) is 74.9 cm³/mol. The smallest absolute Gasteiger partial charge is 0.124 e. The van der Waals surface area contributed by atoms with Crippen LogP contribution in [0.4, 0.5) is 4.39 Å². The van der Waals surface area contributed by atoms with Crippen LogP contribution in [0, 0.1) is 5.82 Å². The molecule has 2 N–H and O–H groups in total. The third-order valence-corrected chi connectivity index (χ3v) is 4.46. The molecule has 1 aliphatic rings. The van der Waals surface area contributed by atoms with E-state index in [2.05, 4.69) is 0 Å². The second kappa shape index (κ2) is 5.23. The van der Waals surface area contributed by atoms with Gasteiger partial charge in [0.05, 0.1) is 5.25 Å². The Morgan fingerprint density at radius 1 is 1.11 bits per heavy atom. The number of nitrogens with two attached hydrogens (primary N) is 1. The van der Waals surface area contributed by atoms with Crippen molar-refractivity contribution < 1.29 is 9.13 Å². The standard InChI is InChI=1S/C15H14FNOS/c16-10-5-7-11(8-6-10)19-14-9-18-13-4-2-1-3-12(13)15(14)17/h1-8,14-15H,9,17H2. The summed E-state index contributed by atoms with van der Waals surface area (Å²) in [5.74, 6) is 0.643. The molecule has 2 unspecified atom stereocenters. The summed E-state index contributed by atoms with van der Waals surface area (Å²) in [5.41, 5.74) is 7.33. The van der Waals surface area contributed by atoms with E-state index in [0.717, 1.165) is 16.2 Å². The summed E-state index contributed by atoms with van der Waals surface area (Å²) in [6, 6.07) is 14.2. The molecule has 4 heteroatoms. The van der Waals surface area contributed by atoms with E-state index >= 15 is 0 Å². The van der Waals surface area contributed by atoms with Gasteiger partial charge in [0.2, 0.25) is 0 Å². The van der Waals surface area contributed by atoms with Crippen molar-refractivity contribution in [1.82, 2.24) is 0 Å². The quantitative estimate of drug-likeness (QED) is 0.912. The van der Waals surface area contributed by atoms with E-state index < -0.39 is 0 Å². The second-order valence-electron chi connectivity index (χ2n) is 4.48. The summed E-state index contributed by atoms with van der Waals surface area (Å²) in [5, 5.41) is 0.139. The second-order valence-corrected chi connectivity index (χ2v) is 5.80. The van der Waals surface area contributed by atoms with Crippen LogP contribution in [0.3, 0.4) is 0 Å². The zero-order chi connectivity index (χ0) is 13.2. The molecule has 98 valence electrons. The number of benzene rings is 2. The molecule has 0 bridgehead atoms. The Morgan fingerprint density at radius 3 is 2.63 bits per heavy atom. The lowest BCUT2D eigenvalue weighted by Crippen LogP contribution is -2.33. The van der Waals surface area contributed by atoms with Crippen LogP contribution in [-0.4, -0.2) is 11.9 Å². The van der Waals surface area contributed by atoms with Gasteiger partial charge in [-0.3, -0.25) is 0 Å². The Labute approximate surface area is 115 Å². The van der Waals surface area contributed by atoms with Gasteiger partial charge in [-0.15, -0.1) is 11.8 Å². The van der Waals surface area contributed by atoms with Gasteiger partial charge in [0, 0.05) is 16.5 Å². The fourth-order valence-corrected chi connectivity index (χ4v) is 3.23. The van der Waals surface area contributed by atoms with Gasteiger partial charge < -0.3 is 10.5 Å². The summed E-state index contributed by atoms with van der Waals surface area (Å²) >= 11 is 1.63. The normalized spacial score (nSPS) is 21.6. The van der Waals surface area contributed by atoms with Crippen molar-refractivity contribution in [3.05, 3.63) is 59.9 Å². The number of para-hydroxylation sites is 1. The van der Waals surface area contributed by atoms with E-state index in [4.69, 9.17) is 10.5 Å². The van der Waals surface area contributed by atoms with Gasteiger partial charge in [-0.05, 0) is 30.3 Å². The van der Waals surface area contributed by atoms with Crippen LogP contribution < -0.4 is 10.5 Å². The molecule has 0 fully saturated rings. The van der Waals surface area contributed by atoms with E-state index in [-0.39, 0.29) is 17.1 Å². The molecule has 1 aliphatic heterocycles. The Kier molecular flexibility index (Phi) is 3.44. The monoisotopic (exact) mass is 275 g/mol. The van der Waals surface area contributed by atoms with Crippen LogP contribution in [0.25, 0.3) is 0 Å². The molecular formula is C15H14FNOS. The van der Waals surface area contributed by atoms with Crippen LogP contribution in [0.15, 0.2) is 53.4 Å². The lowest BCUT2D eigenvalue weighted by Gasteiger charge is -2.30. The van der Waals surface area contributed by atoms with Crippen LogP contribution in [0.2, 0.25) is 0 Å². The topological polar surface area (TPSA) is 35.2 Å². The Morgan fingerprint density at radius 2 is 1.84 bits per heavy atom. The van der Waals surface area contributed by atoms with Gasteiger partial charge in [-0.1, -0.05) is 18.2 Å². The molecule has 0 aromatic heterocycles. The van der Waals surface area contributed by atoms with E-state index in [9.17, 15) is 4.39 Å². The molecule has 2 aromatic carbocycles. The minimum Gasteiger partial charge on any atom is -0.492 e. The van der Waals surface area contributed by atoms with E-state index in [0.29, 0.717) is 6.61 Å². The highest BCUT2D eigenvalue weighted by molar-refractivity contribution is 8.00. The maximum Gasteiger partial charge on any atom is 0.124 e. The van der Waals surface area contributed by atoms with Gasteiger partial charge in [0.1, 0.15) is 18.2 Å². The Hall–Kier alpha value is -1.52. The number of rotatable bonds is 2. The Bertz CT molecular complexity index is 573. The minimum absolute atomic E-state index is 0.0694. The molecule has 2 aromatic rings. The molecule has 1 heterocycles. The first kappa shape index (κ1) is 12.5. The first-order valence-corrected chi connectivity index (χ1v) is 7.01. The average molecular weight is 275 g/mol. The van der Waals surface area contributed by atoms with Crippen molar-refractivity contribution in [1.29, 1.82) is 0 Å². The molecule has 2 nitrogen and oxygen atoms in total. The molecule has 0 spiro atoms. The van der Waals surface area contributed by atoms with E-state index in [1.165, 1.54) is 12.1 Å². The zero-order valence-electron chi connectivity index (χ0n) is 10.3. The highest BCUT2D eigenvalue weighted by atomic mass is 32.2. The molecule has 0 saturated carbocycles. The lowest BCUT2D eigenvalue weighted by atomic mass is 10.0. The summed E-state index contributed by atoms with van der Waals surface area (Å²) in [7, 11) is 0. The SMILES string of the molecule is NC1c2ccccc2OCC1Sc1ccc(F)cc1. The lowest BCUT2D eigenvalue weighted by molar-refractivity contribution is 0.276. The third kappa shape index (κ3) is 2.60. The van der Waals surface area contributed by atoms with Crippen molar-refractivity contribution in [2.24, 2.45) is 5.73 Å². The Balaban J connectivity index is 1.79. The van der Waals surface area contributed by atoms with E-state index in [1.54, 1.807) is 23.9 Å². The molecule has 2 atom stereocenters. The summed E-state index contributed by atoms with van der Waals surface area (Å²) in [6.45, 7) is 0.570. The number of hydrogen-bond donors (Lipinski definition) is 1. The van der Waals surface area contributed by atoms with Gasteiger partial charge >= 0.3 is 0 Å². The van der Waals surface area contributed by atoms with Crippen LogP contribution in [0.5, 0.6) is 5.75 Å². The maximum absolute atomic E-state index is 12.9. The van der Waals surface area contributed by atoms with Crippen LogP contribution in [-0.2, 0) is 0 Å². The van der Waals surface area contributed by atoms with Crippen molar-refractivity contribution in [3.8, 4) is 5.75 Å². The van der Waals surface area contributed by atoms with Crippen LogP contribution >= 0.6 is 11.8 Å².